The third-order valence-corrected chi connectivity index (χ3v) is 6.30. The van der Waals surface area contributed by atoms with Gasteiger partial charge in [0, 0.05) is 19.6 Å². The van der Waals surface area contributed by atoms with Crippen molar-refractivity contribution >= 4 is 0 Å². The lowest BCUT2D eigenvalue weighted by molar-refractivity contribution is 0.00980. The summed E-state index contributed by atoms with van der Waals surface area (Å²) in [6.07, 6.45) is 3.33. The maximum absolute atomic E-state index is 8.80. The van der Waals surface area contributed by atoms with Crippen molar-refractivity contribution in [2.45, 2.75) is 65.4 Å². The summed E-state index contributed by atoms with van der Waals surface area (Å²) in [6, 6.07) is 18.6. The van der Waals surface area contributed by atoms with Crippen LogP contribution in [0.2, 0.25) is 0 Å². The van der Waals surface area contributed by atoms with E-state index in [1.807, 2.05) is 0 Å². The second kappa shape index (κ2) is 11.3. The molecule has 0 spiro atoms. The summed E-state index contributed by atoms with van der Waals surface area (Å²) < 4.78 is 9.25. The number of methoxy groups -OCH3 is 2. The Bertz CT molecular complexity index is 725. The summed E-state index contributed by atoms with van der Waals surface area (Å²) in [7, 11) is 3.08. The van der Waals surface area contributed by atoms with Crippen molar-refractivity contribution in [3.63, 3.8) is 0 Å². The first-order chi connectivity index (χ1) is 14.6. The van der Waals surface area contributed by atoms with Crippen LogP contribution in [0.5, 0.6) is 0 Å². The van der Waals surface area contributed by atoms with E-state index in [1.54, 1.807) is 14.2 Å². The molecule has 1 saturated carbocycles. The second-order valence-electron chi connectivity index (χ2n) is 10.2. The summed E-state index contributed by atoms with van der Waals surface area (Å²) >= 11 is 0. The molecule has 2 aromatic rings. The third-order valence-electron chi connectivity index (χ3n) is 6.30. The molecule has 0 aromatic heterocycles. The average Bonchev–Trinajstić information content (AvgIpc) is 2.68. The van der Waals surface area contributed by atoms with Crippen molar-refractivity contribution in [1.82, 2.24) is 0 Å². The summed E-state index contributed by atoms with van der Waals surface area (Å²) in [5, 5.41) is 8.80. The largest absolute Gasteiger partial charge is 0.388 e. The molecule has 0 amide bonds. The van der Waals surface area contributed by atoms with E-state index >= 15 is 0 Å². The van der Waals surface area contributed by atoms with Crippen molar-refractivity contribution in [2.75, 3.05) is 27.4 Å². The van der Waals surface area contributed by atoms with E-state index in [4.69, 9.17) is 5.11 Å². The van der Waals surface area contributed by atoms with Gasteiger partial charge in [-0.3, -0.25) is 0 Å². The molecule has 2 aromatic carbocycles. The van der Waals surface area contributed by atoms with Gasteiger partial charge in [0.05, 0.1) is 13.2 Å². The Balaban J connectivity index is 0.000000366. The van der Waals surface area contributed by atoms with Crippen LogP contribution >= 0.6 is 0 Å². The molecular formula is C28H42O3. The first kappa shape index (κ1) is 25.6. The zero-order chi connectivity index (χ0) is 23.1. The van der Waals surface area contributed by atoms with Gasteiger partial charge < -0.3 is 14.6 Å². The number of aliphatic hydroxyl groups is 1. The molecule has 31 heavy (non-hydrogen) atoms. The van der Waals surface area contributed by atoms with Crippen LogP contribution in [0.25, 0.3) is 0 Å². The van der Waals surface area contributed by atoms with Crippen LogP contribution in [0.1, 0.15) is 62.3 Å². The smallest absolute Gasteiger partial charge is 0.101 e. The number of aliphatic hydroxyl groups excluding tert-OH is 1. The maximum atomic E-state index is 8.80. The van der Waals surface area contributed by atoms with Gasteiger partial charge in [-0.15, -0.1) is 0 Å². The topological polar surface area (TPSA) is 38.7 Å². The SMILES string of the molecule is COCC(O)COC.Cc1ccc(C2(c3ccc(C)cc3)CC(C)CC(C)(C)C2)cc1. The molecule has 1 unspecified atom stereocenters. The van der Waals surface area contributed by atoms with E-state index in [2.05, 4.69) is 92.6 Å². The van der Waals surface area contributed by atoms with Gasteiger partial charge >= 0.3 is 0 Å². The standard InChI is InChI=1S/C23H30.C5H12O3/c1-17-6-10-20(11-7-17)23(21-12-8-18(2)9-13-21)15-19(3)14-22(4,5)16-23;1-7-3-5(6)4-8-2/h6-13,19H,14-16H2,1-5H3;5-6H,3-4H2,1-2H3. The van der Waals surface area contributed by atoms with Crippen LogP contribution in [-0.2, 0) is 14.9 Å². The van der Waals surface area contributed by atoms with E-state index in [1.165, 1.54) is 41.5 Å². The van der Waals surface area contributed by atoms with Gasteiger partial charge in [-0.05, 0) is 55.6 Å². The minimum Gasteiger partial charge on any atom is -0.388 e. The molecule has 1 fully saturated rings. The Kier molecular flexibility index (Phi) is 9.29. The highest BCUT2D eigenvalue weighted by atomic mass is 16.5. The lowest BCUT2D eigenvalue weighted by Crippen LogP contribution is -2.41. The van der Waals surface area contributed by atoms with Crippen LogP contribution < -0.4 is 0 Å². The van der Waals surface area contributed by atoms with E-state index < -0.39 is 6.10 Å². The molecular weight excluding hydrogens is 384 g/mol. The van der Waals surface area contributed by atoms with Gasteiger partial charge in [0.15, 0.2) is 0 Å². The molecule has 0 radical (unpaired) electrons. The van der Waals surface area contributed by atoms with Gasteiger partial charge in [0.2, 0.25) is 0 Å². The molecule has 3 nitrogen and oxygen atoms in total. The summed E-state index contributed by atoms with van der Waals surface area (Å²) in [6.45, 7) is 12.4. The van der Waals surface area contributed by atoms with Gasteiger partial charge in [-0.2, -0.15) is 0 Å². The Morgan fingerprint density at radius 1 is 0.839 bits per heavy atom. The number of benzene rings is 2. The molecule has 172 valence electrons. The van der Waals surface area contributed by atoms with E-state index in [0.717, 1.165) is 5.92 Å². The van der Waals surface area contributed by atoms with Crippen molar-refractivity contribution in [3.8, 4) is 0 Å². The van der Waals surface area contributed by atoms with E-state index in [-0.39, 0.29) is 5.41 Å². The first-order valence-corrected chi connectivity index (χ1v) is 11.4. The van der Waals surface area contributed by atoms with Crippen LogP contribution in [0.15, 0.2) is 48.5 Å². The van der Waals surface area contributed by atoms with Crippen LogP contribution in [-0.4, -0.2) is 38.6 Å². The lowest BCUT2D eigenvalue weighted by atomic mass is 9.55. The minimum atomic E-state index is -0.481. The molecule has 1 N–H and O–H groups in total. The van der Waals surface area contributed by atoms with E-state index in [0.29, 0.717) is 18.6 Å². The third kappa shape index (κ3) is 7.17. The van der Waals surface area contributed by atoms with Crippen molar-refractivity contribution in [1.29, 1.82) is 0 Å². The predicted molar refractivity (Wildman–Crippen MR) is 130 cm³/mol. The number of hydrogen-bond donors (Lipinski definition) is 1. The van der Waals surface area contributed by atoms with Gasteiger partial charge in [0.1, 0.15) is 6.10 Å². The second-order valence-corrected chi connectivity index (χ2v) is 10.2. The molecule has 1 aliphatic carbocycles. The van der Waals surface area contributed by atoms with Crippen LogP contribution in [0.4, 0.5) is 0 Å². The predicted octanol–water partition coefficient (Wildman–Crippen LogP) is 6.08. The first-order valence-electron chi connectivity index (χ1n) is 11.4. The highest BCUT2D eigenvalue weighted by Gasteiger charge is 2.44. The van der Waals surface area contributed by atoms with Crippen LogP contribution in [0, 0.1) is 25.2 Å². The molecule has 0 heterocycles. The fourth-order valence-corrected chi connectivity index (χ4v) is 5.36. The number of rotatable bonds is 6. The van der Waals surface area contributed by atoms with E-state index in [9.17, 15) is 0 Å². The Morgan fingerprint density at radius 3 is 1.61 bits per heavy atom. The van der Waals surface area contributed by atoms with Gasteiger partial charge in [-0.1, -0.05) is 80.4 Å². The fourth-order valence-electron chi connectivity index (χ4n) is 5.36. The number of ether oxygens (including phenoxy) is 2. The van der Waals surface area contributed by atoms with Crippen molar-refractivity contribution in [3.05, 3.63) is 70.8 Å². The molecule has 3 heteroatoms. The summed E-state index contributed by atoms with van der Waals surface area (Å²) in [4.78, 5) is 0. The lowest BCUT2D eigenvalue weighted by Gasteiger charge is -2.48. The summed E-state index contributed by atoms with van der Waals surface area (Å²) in [5.41, 5.74) is 6.21. The molecule has 0 saturated heterocycles. The quantitative estimate of drug-likeness (QED) is 0.609. The maximum Gasteiger partial charge on any atom is 0.101 e. The molecule has 3 rings (SSSR count). The fraction of sp³-hybridized carbons (Fsp3) is 0.571. The van der Waals surface area contributed by atoms with Gasteiger partial charge in [-0.25, -0.2) is 0 Å². The average molecular weight is 427 g/mol. The monoisotopic (exact) mass is 426 g/mol. The normalized spacial score (nSPS) is 19.6. The zero-order valence-corrected chi connectivity index (χ0v) is 20.6. The Hall–Kier alpha value is -1.68. The number of hydrogen-bond acceptors (Lipinski definition) is 3. The summed E-state index contributed by atoms with van der Waals surface area (Å²) in [5.74, 6) is 0.751. The van der Waals surface area contributed by atoms with Crippen molar-refractivity contribution < 1.29 is 14.6 Å². The molecule has 1 atom stereocenters. The Morgan fingerprint density at radius 2 is 1.26 bits per heavy atom. The highest BCUT2D eigenvalue weighted by Crippen LogP contribution is 2.53. The minimum absolute atomic E-state index is 0.155. The van der Waals surface area contributed by atoms with Gasteiger partial charge in [0.25, 0.3) is 0 Å². The molecule has 0 bridgehead atoms. The molecule has 1 aliphatic rings. The zero-order valence-electron chi connectivity index (χ0n) is 20.6. The number of aryl methyl sites for hydroxylation is 2. The Labute approximate surface area is 189 Å². The highest BCUT2D eigenvalue weighted by molar-refractivity contribution is 5.42. The van der Waals surface area contributed by atoms with Crippen molar-refractivity contribution in [2.24, 2.45) is 11.3 Å². The van der Waals surface area contributed by atoms with Crippen LogP contribution in [0.3, 0.4) is 0 Å². The molecule has 0 aliphatic heterocycles.